The maximum atomic E-state index is 5.61. The first-order valence-electron chi connectivity index (χ1n) is 3.61. The van der Waals surface area contributed by atoms with Crippen LogP contribution in [0, 0.1) is 0 Å². The molecule has 0 rings (SSSR count). The molecule has 0 saturated heterocycles. The van der Waals surface area contributed by atoms with E-state index in [-0.39, 0.29) is 6.04 Å². The van der Waals surface area contributed by atoms with Crippen LogP contribution in [-0.4, -0.2) is 18.8 Å². The van der Waals surface area contributed by atoms with Crippen molar-refractivity contribution in [3.05, 3.63) is 12.2 Å². The Morgan fingerprint density at radius 3 is 2.60 bits per heavy atom. The Labute approximate surface area is 62.8 Å². The summed E-state index contributed by atoms with van der Waals surface area (Å²) >= 11 is 0. The van der Waals surface area contributed by atoms with E-state index in [2.05, 4.69) is 18.0 Å². The second-order valence-electron chi connectivity index (χ2n) is 2.25. The molecule has 10 heavy (non-hydrogen) atoms. The maximum Gasteiger partial charge on any atom is 0.0506 e. The molecule has 0 aromatic heterocycles. The number of allylic oxidation sites excluding steroid dienone is 1. The fourth-order valence-electron chi connectivity index (χ4n) is 0.669. The number of hydrogen-bond donors (Lipinski definition) is 1. The van der Waals surface area contributed by atoms with Crippen LogP contribution in [0.5, 0.6) is 0 Å². The molecule has 2 nitrogen and oxygen atoms in total. The van der Waals surface area contributed by atoms with E-state index in [4.69, 9.17) is 5.73 Å². The van der Waals surface area contributed by atoms with Crippen molar-refractivity contribution in [3.8, 4) is 0 Å². The monoisotopic (exact) mass is 140 g/mol. The number of nitrogens with two attached hydrogens (primary N) is 1. The lowest BCUT2D eigenvalue weighted by Gasteiger charge is -2.02. The van der Waals surface area contributed by atoms with Crippen molar-refractivity contribution in [2.75, 3.05) is 7.05 Å². The van der Waals surface area contributed by atoms with Crippen LogP contribution in [0.25, 0.3) is 0 Å². The minimum absolute atomic E-state index is 0.0489. The van der Waals surface area contributed by atoms with Gasteiger partial charge in [-0.05, 0) is 19.4 Å². The predicted molar refractivity (Wildman–Crippen MR) is 46.4 cm³/mol. The molecule has 1 atom stereocenters. The van der Waals surface area contributed by atoms with Gasteiger partial charge in [0.1, 0.15) is 0 Å². The largest absolute Gasteiger partial charge is 0.323 e. The molecular formula is C8H16N2. The van der Waals surface area contributed by atoms with E-state index < -0.39 is 0 Å². The number of hydrogen-bond acceptors (Lipinski definition) is 2. The molecule has 2 N–H and O–H groups in total. The summed E-state index contributed by atoms with van der Waals surface area (Å²) in [6.07, 6.45) is 5.07. The molecule has 0 heterocycles. The lowest BCUT2D eigenvalue weighted by Crippen LogP contribution is -2.24. The smallest absolute Gasteiger partial charge is 0.0506 e. The van der Waals surface area contributed by atoms with Gasteiger partial charge in [0.05, 0.1) is 5.71 Å². The summed E-state index contributed by atoms with van der Waals surface area (Å²) in [5.41, 5.74) is 6.57. The molecule has 58 valence electrons. The minimum atomic E-state index is 0.0489. The summed E-state index contributed by atoms with van der Waals surface area (Å²) in [6.45, 7) is 4.02. The lowest BCUT2D eigenvalue weighted by atomic mass is 10.2. The van der Waals surface area contributed by atoms with Crippen molar-refractivity contribution in [2.24, 2.45) is 10.7 Å². The van der Waals surface area contributed by atoms with Gasteiger partial charge in [-0.25, -0.2) is 0 Å². The highest BCUT2D eigenvalue weighted by Gasteiger charge is 1.97. The van der Waals surface area contributed by atoms with Crippen LogP contribution in [0.15, 0.2) is 17.1 Å². The van der Waals surface area contributed by atoms with Gasteiger partial charge in [0.25, 0.3) is 0 Å². The summed E-state index contributed by atoms with van der Waals surface area (Å²) in [5.74, 6) is 0. The summed E-state index contributed by atoms with van der Waals surface area (Å²) < 4.78 is 0. The molecule has 0 bridgehead atoms. The second-order valence-corrected chi connectivity index (χ2v) is 2.25. The lowest BCUT2D eigenvalue weighted by molar-refractivity contribution is 0.973. The van der Waals surface area contributed by atoms with Gasteiger partial charge in [0, 0.05) is 13.1 Å². The van der Waals surface area contributed by atoms with E-state index in [1.54, 1.807) is 7.05 Å². The van der Waals surface area contributed by atoms with E-state index in [0.29, 0.717) is 0 Å². The zero-order chi connectivity index (χ0) is 7.98. The first-order chi connectivity index (χ1) is 4.72. The van der Waals surface area contributed by atoms with E-state index in [0.717, 1.165) is 12.1 Å². The molecule has 2 heteroatoms. The highest BCUT2D eigenvalue weighted by atomic mass is 14.7. The molecule has 0 saturated carbocycles. The molecular weight excluding hydrogens is 124 g/mol. The average Bonchev–Trinajstić information content (AvgIpc) is 1.89. The second kappa shape index (κ2) is 5.18. The predicted octanol–water partition coefficient (Wildman–Crippen LogP) is 1.37. The highest BCUT2D eigenvalue weighted by Crippen LogP contribution is 1.88. The van der Waals surface area contributed by atoms with Crippen LogP contribution in [0.2, 0.25) is 0 Å². The van der Waals surface area contributed by atoms with Crippen LogP contribution in [0.4, 0.5) is 0 Å². The van der Waals surface area contributed by atoms with Crippen LogP contribution in [0.3, 0.4) is 0 Å². The van der Waals surface area contributed by atoms with Gasteiger partial charge in [-0.15, -0.1) is 0 Å². The van der Waals surface area contributed by atoms with Crippen molar-refractivity contribution in [3.63, 3.8) is 0 Å². The number of rotatable bonds is 3. The zero-order valence-corrected chi connectivity index (χ0v) is 6.96. The SMILES string of the molecule is CC/C=C\C(=NC)[C@@H](C)N. The molecule has 0 unspecified atom stereocenters. The van der Waals surface area contributed by atoms with Crippen molar-refractivity contribution < 1.29 is 0 Å². The fraction of sp³-hybridized carbons (Fsp3) is 0.625. The number of aliphatic imine (C=N–C) groups is 1. The Hall–Kier alpha value is -0.630. The fourth-order valence-corrected chi connectivity index (χ4v) is 0.669. The summed E-state index contributed by atoms with van der Waals surface area (Å²) in [6, 6.07) is 0.0489. The van der Waals surface area contributed by atoms with Gasteiger partial charge in [-0.2, -0.15) is 0 Å². The minimum Gasteiger partial charge on any atom is -0.323 e. The molecule has 0 radical (unpaired) electrons. The van der Waals surface area contributed by atoms with E-state index in [9.17, 15) is 0 Å². The van der Waals surface area contributed by atoms with E-state index in [1.165, 1.54) is 0 Å². The molecule has 0 fully saturated rings. The third-order valence-corrected chi connectivity index (χ3v) is 1.25. The van der Waals surface area contributed by atoms with Gasteiger partial charge in [-0.1, -0.05) is 13.0 Å². The van der Waals surface area contributed by atoms with Crippen LogP contribution < -0.4 is 5.73 Å². The maximum absolute atomic E-state index is 5.61. The Balaban J connectivity index is 3.98. The quantitative estimate of drug-likeness (QED) is 0.591. The Kier molecular flexibility index (Phi) is 4.85. The van der Waals surface area contributed by atoms with E-state index >= 15 is 0 Å². The Morgan fingerprint density at radius 2 is 2.30 bits per heavy atom. The van der Waals surface area contributed by atoms with Gasteiger partial charge in [0.2, 0.25) is 0 Å². The highest BCUT2D eigenvalue weighted by molar-refractivity contribution is 5.98. The molecule has 0 aromatic rings. The molecule has 0 aromatic carbocycles. The average molecular weight is 140 g/mol. The van der Waals surface area contributed by atoms with Crippen LogP contribution >= 0.6 is 0 Å². The van der Waals surface area contributed by atoms with Gasteiger partial charge in [-0.3, -0.25) is 4.99 Å². The summed E-state index contributed by atoms with van der Waals surface area (Å²) in [5, 5.41) is 0. The summed E-state index contributed by atoms with van der Waals surface area (Å²) in [7, 11) is 1.76. The molecule has 0 amide bonds. The summed E-state index contributed by atoms with van der Waals surface area (Å²) in [4.78, 5) is 4.03. The first kappa shape index (κ1) is 9.37. The third-order valence-electron chi connectivity index (χ3n) is 1.25. The standard InChI is InChI=1S/C8H16N2/c1-4-5-6-8(10-3)7(2)9/h5-7H,4,9H2,1-3H3/b6-5-,10-8?/t7-/m1/s1. The van der Waals surface area contributed by atoms with Crippen molar-refractivity contribution in [1.29, 1.82) is 0 Å². The van der Waals surface area contributed by atoms with Crippen molar-refractivity contribution in [2.45, 2.75) is 26.3 Å². The molecule has 0 aliphatic rings. The van der Waals surface area contributed by atoms with Gasteiger partial charge >= 0.3 is 0 Å². The Bertz CT molecular complexity index is 134. The number of nitrogens with zero attached hydrogens (tertiary/aromatic N) is 1. The Morgan fingerprint density at radius 1 is 1.70 bits per heavy atom. The molecule has 0 aliphatic heterocycles. The molecule has 0 aliphatic carbocycles. The van der Waals surface area contributed by atoms with Gasteiger partial charge < -0.3 is 5.73 Å². The van der Waals surface area contributed by atoms with Crippen molar-refractivity contribution in [1.82, 2.24) is 0 Å². The van der Waals surface area contributed by atoms with Crippen molar-refractivity contribution >= 4 is 5.71 Å². The van der Waals surface area contributed by atoms with Gasteiger partial charge in [0.15, 0.2) is 0 Å². The molecule has 0 spiro atoms. The normalized spacial score (nSPS) is 16.2. The van der Waals surface area contributed by atoms with Crippen LogP contribution in [-0.2, 0) is 0 Å². The third kappa shape index (κ3) is 3.41. The van der Waals surface area contributed by atoms with Crippen LogP contribution in [0.1, 0.15) is 20.3 Å². The first-order valence-corrected chi connectivity index (χ1v) is 3.61. The van der Waals surface area contributed by atoms with E-state index in [1.807, 2.05) is 13.0 Å². The topological polar surface area (TPSA) is 38.4 Å². The zero-order valence-electron chi connectivity index (χ0n) is 6.96.